The van der Waals surface area contributed by atoms with E-state index in [4.69, 9.17) is 4.74 Å². The van der Waals surface area contributed by atoms with Gasteiger partial charge in [0.25, 0.3) is 0 Å². The molecule has 3 rings (SSSR count). The van der Waals surface area contributed by atoms with Crippen LogP contribution >= 0.6 is 11.3 Å². The normalized spacial score (nSPS) is 18.4. The Morgan fingerprint density at radius 1 is 1.14 bits per heavy atom. The molecule has 1 aromatic carbocycles. The third-order valence-corrected chi connectivity index (χ3v) is 3.14. The van der Waals surface area contributed by atoms with E-state index in [0.717, 1.165) is 11.4 Å². The summed E-state index contributed by atoms with van der Waals surface area (Å²) >= 11 is 1.70. The Balaban J connectivity index is 1.92. The minimum atomic E-state index is -0.00704. The van der Waals surface area contributed by atoms with Crippen molar-refractivity contribution in [2.75, 3.05) is 5.32 Å². The van der Waals surface area contributed by atoms with Gasteiger partial charge in [0.2, 0.25) is 6.23 Å². The van der Waals surface area contributed by atoms with E-state index in [2.05, 4.69) is 16.8 Å². The number of ether oxygens (including phenoxy) is 1. The Morgan fingerprint density at radius 2 is 2.07 bits per heavy atom. The number of anilines is 1. The Hall–Kier alpha value is -1.48. The van der Waals surface area contributed by atoms with Crippen LogP contribution < -0.4 is 10.1 Å². The number of hydrogen-bond donors (Lipinski definition) is 1. The number of thiophene rings is 1. The van der Waals surface area contributed by atoms with Crippen LogP contribution in [0, 0.1) is 0 Å². The minimum Gasteiger partial charge on any atom is -0.463 e. The molecule has 3 heteroatoms. The first-order valence-electron chi connectivity index (χ1n) is 4.49. The van der Waals surface area contributed by atoms with Gasteiger partial charge in [-0.1, -0.05) is 18.2 Å². The number of benzene rings is 1. The van der Waals surface area contributed by atoms with Crippen LogP contribution in [-0.2, 0) is 0 Å². The van der Waals surface area contributed by atoms with Crippen molar-refractivity contribution >= 4 is 17.0 Å². The average Bonchev–Trinajstić information content (AvgIpc) is 2.86. The lowest BCUT2D eigenvalue weighted by Gasteiger charge is -2.07. The highest BCUT2D eigenvalue weighted by Crippen LogP contribution is 2.38. The van der Waals surface area contributed by atoms with Gasteiger partial charge in [0.05, 0.1) is 10.6 Å². The van der Waals surface area contributed by atoms with Gasteiger partial charge in [-0.2, -0.15) is 0 Å². The lowest BCUT2D eigenvalue weighted by Crippen LogP contribution is -2.07. The van der Waals surface area contributed by atoms with Gasteiger partial charge in [-0.3, -0.25) is 0 Å². The monoisotopic (exact) mass is 203 g/mol. The van der Waals surface area contributed by atoms with E-state index in [9.17, 15) is 0 Å². The molecular weight excluding hydrogens is 194 g/mol. The second-order valence-electron chi connectivity index (χ2n) is 3.15. The first-order chi connectivity index (χ1) is 6.93. The number of hydrogen-bond acceptors (Lipinski definition) is 3. The maximum absolute atomic E-state index is 5.75. The maximum atomic E-state index is 5.75. The number of nitrogens with one attached hydrogen (secondary N) is 1. The summed E-state index contributed by atoms with van der Waals surface area (Å²) in [4.78, 5) is 1.21. The first-order valence-corrected chi connectivity index (χ1v) is 5.37. The largest absolute Gasteiger partial charge is 0.463 e. The predicted molar refractivity (Wildman–Crippen MR) is 57.8 cm³/mol. The molecule has 0 saturated heterocycles. The van der Waals surface area contributed by atoms with Crippen LogP contribution in [0.3, 0.4) is 0 Å². The first kappa shape index (κ1) is 7.88. The van der Waals surface area contributed by atoms with Crippen LogP contribution in [0.1, 0.15) is 11.1 Å². The van der Waals surface area contributed by atoms with E-state index in [1.165, 1.54) is 4.88 Å². The lowest BCUT2D eigenvalue weighted by atomic mass is 10.3. The molecule has 0 bridgehead atoms. The molecule has 2 heterocycles. The Morgan fingerprint density at radius 3 is 2.86 bits per heavy atom. The maximum Gasteiger partial charge on any atom is 0.205 e. The van der Waals surface area contributed by atoms with Gasteiger partial charge in [0, 0.05) is 0 Å². The van der Waals surface area contributed by atoms with Crippen molar-refractivity contribution in [2.24, 2.45) is 0 Å². The molecular formula is C11H9NOS. The fourth-order valence-corrected chi connectivity index (χ4v) is 2.26. The van der Waals surface area contributed by atoms with Gasteiger partial charge >= 0.3 is 0 Å². The van der Waals surface area contributed by atoms with Crippen LogP contribution in [0.2, 0.25) is 0 Å². The van der Waals surface area contributed by atoms with Crippen molar-refractivity contribution < 1.29 is 4.74 Å². The highest BCUT2D eigenvalue weighted by molar-refractivity contribution is 7.10. The summed E-state index contributed by atoms with van der Waals surface area (Å²) in [6, 6.07) is 12.1. The zero-order valence-electron chi connectivity index (χ0n) is 7.44. The molecule has 0 aliphatic carbocycles. The zero-order chi connectivity index (χ0) is 9.38. The number of fused-ring (bicyclic) bond motifs is 1. The highest BCUT2D eigenvalue weighted by atomic mass is 32.1. The van der Waals surface area contributed by atoms with Gasteiger partial charge in [0.1, 0.15) is 5.75 Å². The summed E-state index contributed by atoms with van der Waals surface area (Å²) in [5, 5.41) is 5.38. The second kappa shape index (κ2) is 3.03. The number of para-hydroxylation sites is 2. The second-order valence-corrected chi connectivity index (χ2v) is 4.13. The van der Waals surface area contributed by atoms with Crippen molar-refractivity contribution in [3.63, 3.8) is 0 Å². The Bertz CT molecular complexity index is 413. The van der Waals surface area contributed by atoms with E-state index in [1.54, 1.807) is 11.3 Å². The van der Waals surface area contributed by atoms with Gasteiger partial charge in [-0.05, 0) is 23.6 Å². The summed E-state index contributed by atoms with van der Waals surface area (Å²) in [7, 11) is 0. The fourth-order valence-electron chi connectivity index (χ4n) is 1.56. The molecule has 0 unspecified atom stereocenters. The smallest absolute Gasteiger partial charge is 0.205 e. The van der Waals surface area contributed by atoms with Gasteiger partial charge in [0.15, 0.2) is 0 Å². The molecule has 1 aromatic heterocycles. The predicted octanol–water partition coefficient (Wildman–Crippen LogP) is 3.25. The summed E-state index contributed by atoms with van der Waals surface area (Å²) in [5.41, 5.74) is 1.07. The molecule has 2 aromatic rings. The average molecular weight is 203 g/mol. The van der Waals surface area contributed by atoms with Crippen molar-refractivity contribution in [3.05, 3.63) is 46.7 Å². The summed E-state index contributed by atoms with van der Waals surface area (Å²) in [6.07, 6.45) is -0.00704. The van der Waals surface area contributed by atoms with Crippen molar-refractivity contribution in [2.45, 2.75) is 6.23 Å². The van der Waals surface area contributed by atoms with E-state index in [1.807, 2.05) is 30.3 Å². The quantitative estimate of drug-likeness (QED) is 0.768. The van der Waals surface area contributed by atoms with Crippen molar-refractivity contribution in [1.82, 2.24) is 0 Å². The molecule has 0 fully saturated rings. The van der Waals surface area contributed by atoms with Crippen molar-refractivity contribution in [3.8, 4) is 5.75 Å². The van der Waals surface area contributed by atoms with Crippen LogP contribution in [0.5, 0.6) is 5.75 Å². The van der Waals surface area contributed by atoms with Gasteiger partial charge in [-0.25, -0.2) is 0 Å². The molecule has 0 radical (unpaired) electrons. The SMILES string of the molecule is c1csc([C@@H]2Nc3ccccc3O2)c1. The standard InChI is InChI=1S/C11H9NOS/c1-2-5-9-8(4-1)12-11(13-9)10-6-3-7-14-10/h1-7,11-12H/t11-/m1/s1. The third-order valence-electron chi connectivity index (χ3n) is 2.22. The molecule has 1 N–H and O–H groups in total. The van der Waals surface area contributed by atoms with Crippen LogP contribution in [0.25, 0.3) is 0 Å². The molecule has 1 aliphatic heterocycles. The molecule has 1 atom stereocenters. The molecule has 14 heavy (non-hydrogen) atoms. The van der Waals surface area contributed by atoms with Crippen molar-refractivity contribution in [1.29, 1.82) is 0 Å². The van der Waals surface area contributed by atoms with E-state index >= 15 is 0 Å². The molecule has 1 aliphatic rings. The molecule has 0 spiro atoms. The summed E-state index contributed by atoms with van der Waals surface area (Å²) in [6.45, 7) is 0. The van der Waals surface area contributed by atoms with E-state index in [0.29, 0.717) is 0 Å². The third kappa shape index (κ3) is 1.17. The molecule has 70 valence electrons. The zero-order valence-corrected chi connectivity index (χ0v) is 8.25. The Kier molecular flexibility index (Phi) is 1.70. The number of rotatable bonds is 1. The highest BCUT2D eigenvalue weighted by Gasteiger charge is 2.22. The summed E-state index contributed by atoms with van der Waals surface area (Å²) < 4.78 is 5.75. The minimum absolute atomic E-state index is 0.00704. The molecule has 2 nitrogen and oxygen atoms in total. The van der Waals surface area contributed by atoms with Crippen LogP contribution in [0.15, 0.2) is 41.8 Å². The Labute approximate surface area is 86.2 Å². The van der Waals surface area contributed by atoms with Gasteiger partial charge < -0.3 is 10.1 Å². The molecule has 0 amide bonds. The summed E-state index contributed by atoms with van der Waals surface area (Å²) in [5.74, 6) is 0.936. The fraction of sp³-hybridized carbons (Fsp3) is 0.0909. The van der Waals surface area contributed by atoms with E-state index in [-0.39, 0.29) is 6.23 Å². The van der Waals surface area contributed by atoms with Crippen LogP contribution in [-0.4, -0.2) is 0 Å². The van der Waals surface area contributed by atoms with E-state index < -0.39 is 0 Å². The van der Waals surface area contributed by atoms with Gasteiger partial charge in [-0.15, -0.1) is 11.3 Å². The topological polar surface area (TPSA) is 21.3 Å². The molecule has 0 saturated carbocycles. The lowest BCUT2D eigenvalue weighted by molar-refractivity contribution is 0.264. The van der Waals surface area contributed by atoms with Crippen LogP contribution in [0.4, 0.5) is 5.69 Å².